The van der Waals surface area contributed by atoms with Crippen LogP contribution >= 0.6 is 0 Å². The first-order chi connectivity index (χ1) is 14.9. The highest BCUT2D eigenvalue weighted by Gasteiger charge is 2.95. The number of rotatable bonds is 10. The lowest BCUT2D eigenvalue weighted by Gasteiger charge is -2.47. The summed E-state index contributed by atoms with van der Waals surface area (Å²) >= 11 is 0. The van der Waals surface area contributed by atoms with Crippen molar-refractivity contribution in [1.29, 1.82) is 0 Å². The number of ether oxygens (including phenoxy) is 1. The fourth-order valence-electron chi connectivity index (χ4n) is 4.77. The molecule has 0 aromatic carbocycles. The van der Waals surface area contributed by atoms with E-state index in [0.29, 0.717) is 20.3 Å². The standard InChI is InChI=1S/C22H33F11O/c1-7-9-11-15(3,4)13-14-17(23,19(24,25)16(5,6)12-10-8-2)22(32,33)34-18(14,20(26,27)28)21(29,30)31/h14H,7-13H2,1-6H3. The molecule has 0 aromatic rings. The maximum atomic E-state index is 16.2. The molecule has 34 heavy (non-hydrogen) atoms. The van der Waals surface area contributed by atoms with Gasteiger partial charge in [0, 0.05) is 5.41 Å². The molecule has 0 spiro atoms. The predicted molar refractivity (Wildman–Crippen MR) is 104 cm³/mol. The van der Waals surface area contributed by atoms with Crippen LogP contribution in [0, 0.1) is 16.7 Å². The number of hydrogen-bond donors (Lipinski definition) is 0. The molecule has 1 saturated heterocycles. The number of unbranched alkanes of at least 4 members (excludes halogenated alkanes) is 2. The van der Waals surface area contributed by atoms with Crippen molar-refractivity contribution in [3.05, 3.63) is 0 Å². The molecule has 0 bridgehead atoms. The summed E-state index contributed by atoms with van der Waals surface area (Å²) in [6, 6.07) is 0. The van der Waals surface area contributed by atoms with Crippen LogP contribution in [-0.4, -0.2) is 35.7 Å². The molecule has 1 aliphatic heterocycles. The monoisotopic (exact) mass is 522 g/mol. The van der Waals surface area contributed by atoms with Crippen molar-refractivity contribution in [2.24, 2.45) is 16.7 Å². The first-order valence-corrected chi connectivity index (χ1v) is 11.2. The van der Waals surface area contributed by atoms with Crippen molar-refractivity contribution >= 4 is 0 Å². The first kappa shape index (κ1) is 31.2. The molecule has 2 unspecified atom stereocenters. The lowest BCUT2D eigenvalue weighted by Crippen LogP contribution is -2.68. The molecule has 0 N–H and O–H groups in total. The third-order valence-electron chi connectivity index (χ3n) is 6.95. The molecule has 1 heterocycles. The van der Waals surface area contributed by atoms with Crippen molar-refractivity contribution in [2.45, 2.75) is 122 Å². The second kappa shape index (κ2) is 9.25. The van der Waals surface area contributed by atoms with Crippen LogP contribution in [-0.2, 0) is 4.74 Å². The zero-order valence-corrected chi connectivity index (χ0v) is 20.1. The minimum absolute atomic E-state index is 0.0402. The summed E-state index contributed by atoms with van der Waals surface area (Å²) in [4.78, 5) is 0. The van der Waals surface area contributed by atoms with Crippen molar-refractivity contribution in [3.8, 4) is 0 Å². The number of alkyl halides is 11. The zero-order chi connectivity index (χ0) is 27.2. The molecule has 0 amide bonds. The van der Waals surface area contributed by atoms with Gasteiger partial charge in [0.2, 0.25) is 0 Å². The Kier molecular flexibility index (Phi) is 8.49. The molecular formula is C22H33F11O. The Bertz CT molecular complexity index is 680. The Morgan fingerprint density at radius 2 is 1.12 bits per heavy atom. The van der Waals surface area contributed by atoms with Crippen molar-refractivity contribution in [3.63, 3.8) is 0 Å². The molecule has 0 radical (unpaired) electrons. The van der Waals surface area contributed by atoms with E-state index in [0.717, 1.165) is 13.8 Å². The van der Waals surface area contributed by atoms with Gasteiger partial charge in [-0.15, -0.1) is 0 Å². The Labute approximate surface area is 192 Å². The van der Waals surface area contributed by atoms with Gasteiger partial charge in [-0.05, 0) is 24.7 Å². The fourth-order valence-corrected chi connectivity index (χ4v) is 4.77. The van der Waals surface area contributed by atoms with Crippen LogP contribution in [0.4, 0.5) is 48.3 Å². The summed E-state index contributed by atoms with van der Waals surface area (Å²) in [7, 11) is 0. The summed E-state index contributed by atoms with van der Waals surface area (Å²) in [5, 5.41) is 0. The molecule has 0 aliphatic carbocycles. The van der Waals surface area contributed by atoms with Gasteiger partial charge in [0.1, 0.15) is 0 Å². The normalized spacial score (nSPS) is 26.2. The average molecular weight is 522 g/mol. The summed E-state index contributed by atoms with van der Waals surface area (Å²) in [5.74, 6) is -9.28. The maximum Gasteiger partial charge on any atom is 0.427 e. The Balaban J connectivity index is 4.00. The predicted octanol–water partition coefficient (Wildman–Crippen LogP) is 9.26. The molecule has 1 nitrogen and oxygen atoms in total. The van der Waals surface area contributed by atoms with Crippen LogP contribution in [0.15, 0.2) is 0 Å². The maximum absolute atomic E-state index is 16.2. The van der Waals surface area contributed by atoms with E-state index in [-0.39, 0.29) is 25.7 Å². The molecule has 204 valence electrons. The molecule has 2 atom stereocenters. The lowest BCUT2D eigenvalue weighted by atomic mass is 9.61. The molecule has 0 saturated carbocycles. The zero-order valence-electron chi connectivity index (χ0n) is 20.1. The molecule has 1 fully saturated rings. The fraction of sp³-hybridized carbons (Fsp3) is 1.00. The third-order valence-corrected chi connectivity index (χ3v) is 6.95. The third kappa shape index (κ3) is 4.77. The number of halogens is 11. The average Bonchev–Trinajstić information content (AvgIpc) is 2.83. The van der Waals surface area contributed by atoms with Gasteiger partial charge >= 0.3 is 18.5 Å². The van der Waals surface area contributed by atoms with Crippen LogP contribution in [0.25, 0.3) is 0 Å². The minimum atomic E-state index is -6.66. The van der Waals surface area contributed by atoms with Crippen LogP contribution in [0.5, 0.6) is 0 Å². The topological polar surface area (TPSA) is 9.23 Å². The van der Waals surface area contributed by atoms with E-state index in [1.54, 1.807) is 13.8 Å². The Morgan fingerprint density at radius 1 is 0.706 bits per heavy atom. The van der Waals surface area contributed by atoms with Crippen LogP contribution in [0.2, 0.25) is 0 Å². The van der Waals surface area contributed by atoms with E-state index in [1.165, 1.54) is 0 Å². The van der Waals surface area contributed by atoms with E-state index in [4.69, 9.17) is 0 Å². The highest BCUT2D eigenvalue weighted by molar-refractivity contribution is 5.23. The van der Waals surface area contributed by atoms with Gasteiger partial charge in [0.25, 0.3) is 17.2 Å². The highest BCUT2D eigenvalue weighted by Crippen LogP contribution is 2.71. The van der Waals surface area contributed by atoms with Gasteiger partial charge < -0.3 is 0 Å². The van der Waals surface area contributed by atoms with Crippen LogP contribution < -0.4 is 0 Å². The minimum Gasteiger partial charge on any atom is -0.291 e. The molecule has 12 heteroatoms. The number of hydrogen-bond acceptors (Lipinski definition) is 1. The van der Waals surface area contributed by atoms with Crippen LogP contribution in [0.3, 0.4) is 0 Å². The highest BCUT2D eigenvalue weighted by atomic mass is 19.4. The van der Waals surface area contributed by atoms with Crippen molar-refractivity contribution in [2.75, 3.05) is 0 Å². The van der Waals surface area contributed by atoms with Gasteiger partial charge in [0.05, 0.1) is 5.92 Å². The van der Waals surface area contributed by atoms with Gasteiger partial charge in [-0.2, -0.15) is 35.1 Å². The van der Waals surface area contributed by atoms with E-state index >= 15 is 13.2 Å². The second-order valence-electron chi connectivity index (χ2n) is 10.6. The Morgan fingerprint density at radius 3 is 1.50 bits per heavy atom. The lowest BCUT2D eigenvalue weighted by molar-refractivity contribution is -0.423. The molecule has 1 rings (SSSR count). The summed E-state index contributed by atoms with van der Waals surface area (Å²) in [6.07, 6.45) is -20.8. The molecule has 1 aliphatic rings. The van der Waals surface area contributed by atoms with Crippen molar-refractivity contribution in [1.82, 2.24) is 0 Å². The van der Waals surface area contributed by atoms with E-state index in [2.05, 4.69) is 4.74 Å². The first-order valence-electron chi connectivity index (χ1n) is 11.2. The van der Waals surface area contributed by atoms with Gasteiger partial charge in [-0.25, -0.2) is 13.2 Å². The summed E-state index contributed by atoms with van der Waals surface area (Å²) in [5.41, 5.74) is -15.7. The van der Waals surface area contributed by atoms with Crippen LogP contribution in [0.1, 0.15) is 86.5 Å². The largest absolute Gasteiger partial charge is 0.427 e. The second-order valence-corrected chi connectivity index (χ2v) is 10.6. The van der Waals surface area contributed by atoms with E-state index < -0.39 is 65.2 Å². The van der Waals surface area contributed by atoms with Crippen molar-refractivity contribution < 1.29 is 53.0 Å². The van der Waals surface area contributed by atoms with Gasteiger partial charge in [-0.1, -0.05) is 67.2 Å². The smallest absolute Gasteiger partial charge is 0.291 e. The molecular weight excluding hydrogens is 489 g/mol. The van der Waals surface area contributed by atoms with Gasteiger partial charge in [-0.3, -0.25) is 4.74 Å². The Hall–Kier alpha value is -0.810. The SMILES string of the molecule is CCCCC(C)(C)CC1C(F)(C(F)(F)C(C)(C)CCCC)C(F)(F)OC1(C(F)(F)F)C(F)(F)F. The van der Waals surface area contributed by atoms with E-state index in [1.807, 2.05) is 0 Å². The van der Waals surface area contributed by atoms with E-state index in [9.17, 15) is 35.1 Å². The summed E-state index contributed by atoms with van der Waals surface area (Å²) < 4.78 is 164. The van der Waals surface area contributed by atoms with Gasteiger partial charge in [0.15, 0.2) is 0 Å². The summed E-state index contributed by atoms with van der Waals surface area (Å²) in [6.45, 7) is 6.78. The quantitative estimate of drug-likeness (QED) is 0.260. The molecule has 0 aromatic heterocycles.